The molecule has 0 saturated heterocycles. The Hall–Kier alpha value is -1.40. The summed E-state index contributed by atoms with van der Waals surface area (Å²) in [6, 6.07) is 6.87. The van der Waals surface area contributed by atoms with Crippen LogP contribution in [0.25, 0.3) is 0 Å². The Morgan fingerprint density at radius 2 is 2.00 bits per heavy atom. The monoisotopic (exact) mass is 285 g/mol. The number of halogens is 1. The molecule has 1 aromatic carbocycles. The van der Waals surface area contributed by atoms with Crippen LogP contribution in [0.1, 0.15) is 17.7 Å². The Kier molecular flexibility index (Phi) is 3.41. The Morgan fingerprint density at radius 1 is 1.33 bits per heavy atom. The van der Waals surface area contributed by atoms with Gasteiger partial charge in [-0.05, 0) is 18.6 Å². The molecule has 1 heterocycles. The standard InChI is InChI=1S/C11H12ClN3O2S/c1-8(9-5-3-4-6-10(9)12)18(16,17)11-14-13-7-15(11)2/h3-8H,1-2H3. The molecule has 0 N–H and O–H groups in total. The van der Waals surface area contributed by atoms with E-state index in [1.807, 2.05) is 0 Å². The molecule has 0 fully saturated rings. The maximum atomic E-state index is 12.4. The third-order valence-corrected chi connectivity index (χ3v) is 5.14. The maximum Gasteiger partial charge on any atom is 0.249 e. The van der Waals surface area contributed by atoms with Crippen molar-refractivity contribution in [3.05, 3.63) is 41.2 Å². The molecule has 0 bridgehead atoms. The topological polar surface area (TPSA) is 64.8 Å². The van der Waals surface area contributed by atoms with E-state index in [2.05, 4.69) is 10.2 Å². The summed E-state index contributed by atoms with van der Waals surface area (Å²) in [5.74, 6) is 0. The number of sulfone groups is 1. The van der Waals surface area contributed by atoms with Gasteiger partial charge in [0.05, 0.1) is 5.25 Å². The normalized spacial score (nSPS) is 13.5. The van der Waals surface area contributed by atoms with Gasteiger partial charge < -0.3 is 4.57 Å². The molecule has 18 heavy (non-hydrogen) atoms. The van der Waals surface area contributed by atoms with Crippen molar-refractivity contribution in [2.24, 2.45) is 7.05 Å². The minimum absolute atomic E-state index is 0.0603. The molecule has 0 spiro atoms. The molecule has 1 atom stereocenters. The van der Waals surface area contributed by atoms with Crippen LogP contribution in [0, 0.1) is 0 Å². The minimum Gasteiger partial charge on any atom is -0.308 e. The Bertz CT molecular complexity index is 666. The van der Waals surface area contributed by atoms with Crippen LogP contribution in [0.5, 0.6) is 0 Å². The van der Waals surface area contributed by atoms with Gasteiger partial charge in [0.25, 0.3) is 0 Å². The van der Waals surface area contributed by atoms with Gasteiger partial charge in [0, 0.05) is 12.1 Å². The molecular formula is C11H12ClN3O2S. The van der Waals surface area contributed by atoms with E-state index in [1.54, 1.807) is 38.2 Å². The van der Waals surface area contributed by atoms with Gasteiger partial charge in [-0.2, -0.15) is 0 Å². The lowest BCUT2D eigenvalue weighted by Gasteiger charge is -2.13. The molecular weight excluding hydrogens is 274 g/mol. The molecule has 7 heteroatoms. The molecule has 1 unspecified atom stereocenters. The van der Waals surface area contributed by atoms with E-state index in [0.717, 1.165) is 0 Å². The van der Waals surface area contributed by atoms with Gasteiger partial charge in [-0.3, -0.25) is 0 Å². The molecule has 0 radical (unpaired) electrons. The molecule has 2 rings (SSSR count). The van der Waals surface area contributed by atoms with Gasteiger partial charge in [-0.1, -0.05) is 29.8 Å². The highest BCUT2D eigenvalue weighted by atomic mass is 35.5. The fourth-order valence-electron chi connectivity index (χ4n) is 1.66. The van der Waals surface area contributed by atoms with Crippen molar-refractivity contribution < 1.29 is 8.42 Å². The van der Waals surface area contributed by atoms with Crippen LogP contribution in [0.2, 0.25) is 5.02 Å². The first-order valence-electron chi connectivity index (χ1n) is 5.27. The summed E-state index contributed by atoms with van der Waals surface area (Å²) in [4.78, 5) is 0. The van der Waals surface area contributed by atoms with Gasteiger partial charge in [-0.15, -0.1) is 10.2 Å². The molecule has 0 saturated carbocycles. The van der Waals surface area contributed by atoms with Gasteiger partial charge >= 0.3 is 0 Å². The summed E-state index contributed by atoms with van der Waals surface area (Å²) >= 11 is 6.02. The highest BCUT2D eigenvalue weighted by molar-refractivity contribution is 7.91. The lowest BCUT2D eigenvalue weighted by molar-refractivity contribution is 0.568. The second-order valence-corrected chi connectivity index (χ2v) is 6.50. The summed E-state index contributed by atoms with van der Waals surface area (Å²) < 4.78 is 26.1. The highest BCUT2D eigenvalue weighted by Crippen LogP contribution is 2.31. The Labute approximate surface area is 110 Å². The van der Waals surface area contributed by atoms with E-state index in [0.29, 0.717) is 10.6 Å². The number of nitrogens with zero attached hydrogens (tertiary/aromatic N) is 3. The number of hydrogen-bond donors (Lipinski definition) is 0. The molecule has 2 aromatic rings. The fraction of sp³-hybridized carbons (Fsp3) is 0.273. The van der Waals surface area contributed by atoms with Crippen LogP contribution in [-0.2, 0) is 16.9 Å². The van der Waals surface area contributed by atoms with Crippen LogP contribution in [0.3, 0.4) is 0 Å². The van der Waals surface area contributed by atoms with Gasteiger partial charge in [0.2, 0.25) is 15.0 Å². The van der Waals surface area contributed by atoms with Crippen molar-refractivity contribution in [3.8, 4) is 0 Å². The highest BCUT2D eigenvalue weighted by Gasteiger charge is 2.30. The molecule has 5 nitrogen and oxygen atoms in total. The van der Waals surface area contributed by atoms with Crippen LogP contribution in [0.15, 0.2) is 35.7 Å². The van der Waals surface area contributed by atoms with Crippen molar-refractivity contribution >= 4 is 21.4 Å². The first kappa shape index (κ1) is 13.0. The number of hydrogen-bond acceptors (Lipinski definition) is 4. The first-order chi connectivity index (χ1) is 8.44. The number of aryl methyl sites for hydroxylation is 1. The van der Waals surface area contributed by atoms with E-state index in [4.69, 9.17) is 11.6 Å². The van der Waals surface area contributed by atoms with Crippen LogP contribution < -0.4 is 0 Å². The van der Waals surface area contributed by atoms with E-state index in [9.17, 15) is 8.42 Å². The zero-order chi connectivity index (χ0) is 13.3. The lowest BCUT2D eigenvalue weighted by Crippen LogP contribution is -2.15. The third kappa shape index (κ3) is 2.13. The summed E-state index contributed by atoms with van der Waals surface area (Å²) in [6.45, 7) is 1.59. The van der Waals surface area contributed by atoms with Crippen molar-refractivity contribution in [1.29, 1.82) is 0 Å². The number of benzene rings is 1. The predicted octanol–water partition coefficient (Wildman–Crippen LogP) is 2.00. The molecule has 1 aromatic heterocycles. The van der Waals surface area contributed by atoms with E-state index >= 15 is 0 Å². The smallest absolute Gasteiger partial charge is 0.249 e. The largest absolute Gasteiger partial charge is 0.308 e. The zero-order valence-electron chi connectivity index (χ0n) is 9.91. The summed E-state index contributed by atoms with van der Waals surface area (Å²) in [5.41, 5.74) is 0.558. The lowest BCUT2D eigenvalue weighted by atomic mass is 10.2. The molecule has 0 aliphatic carbocycles. The minimum atomic E-state index is -3.60. The Balaban J connectivity index is 2.50. The second kappa shape index (κ2) is 4.70. The van der Waals surface area contributed by atoms with Crippen molar-refractivity contribution in [2.75, 3.05) is 0 Å². The average Bonchev–Trinajstić information content (AvgIpc) is 2.76. The van der Waals surface area contributed by atoms with Gasteiger partial charge in [0.15, 0.2) is 0 Å². The Morgan fingerprint density at radius 3 is 2.56 bits per heavy atom. The molecule has 0 aliphatic heterocycles. The first-order valence-corrected chi connectivity index (χ1v) is 7.19. The van der Waals surface area contributed by atoms with Crippen LogP contribution >= 0.6 is 11.6 Å². The summed E-state index contributed by atoms with van der Waals surface area (Å²) in [5, 5.41) is 6.83. The molecule has 96 valence electrons. The average molecular weight is 286 g/mol. The van der Waals surface area contributed by atoms with Crippen molar-refractivity contribution in [2.45, 2.75) is 17.3 Å². The summed E-state index contributed by atoms with van der Waals surface area (Å²) in [7, 11) is -2.01. The summed E-state index contributed by atoms with van der Waals surface area (Å²) in [6.07, 6.45) is 1.35. The maximum absolute atomic E-state index is 12.4. The van der Waals surface area contributed by atoms with E-state index in [-0.39, 0.29) is 5.16 Å². The van der Waals surface area contributed by atoms with Crippen LogP contribution in [-0.4, -0.2) is 23.2 Å². The molecule has 0 aliphatic rings. The number of rotatable bonds is 3. The zero-order valence-corrected chi connectivity index (χ0v) is 11.5. The SMILES string of the molecule is CC(c1ccccc1Cl)S(=O)(=O)c1nncn1C. The van der Waals surface area contributed by atoms with Crippen LogP contribution in [0.4, 0.5) is 0 Å². The van der Waals surface area contributed by atoms with E-state index in [1.165, 1.54) is 10.9 Å². The quantitative estimate of drug-likeness (QED) is 0.865. The predicted molar refractivity (Wildman–Crippen MR) is 68.1 cm³/mol. The van der Waals surface area contributed by atoms with E-state index < -0.39 is 15.1 Å². The number of aromatic nitrogens is 3. The van der Waals surface area contributed by atoms with Gasteiger partial charge in [-0.25, -0.2) is 8.42 Å². The third-order valence-electron chi connectivity index (χ3n) is 2.73. The van der Waals surface area contributed by atoms with Crippen molar-refractivity contribution in [3.63, 3.8) is 0 Å². The van der Waals surface area contributed by atoms with Gasteiger partial charge in [0.1, 0.15) is 6.33 Å². The van der Waals surface area contributed by atoms with Crippen molar-refractivity contribution in [1.82, 2.24) is 14.8 Å². The second-order valence-electron chi connectivity index (χ2n) is 3.93. The molecule has 0 amide bonds. The fourth-order valence-corrected chi connectivity index (χ4v) is 3.49.